The Labute approximate surface area is 175 Å². The third-order valence-corrected chi connectivity index (χ3v) is 5.07. The SMILES string of the molecule is CCCOc1ccc(CNC(=O)c2cc(F)ccc2NC(=O)C2CC2C)cc1OC. The summed E-state index contributed by atoms with van der Waals surface area (Å²) in [7, 11) is 1.55. The van der Waals surface area contributed by atoms with Crippen molar-refractivity contribution in [2.75, 3.05) is 19.0 Å². The van der Waals surface area contributed by atoms with E-state index in [-0.39, 0.29) is 23.9 Å². The zero-order chi connectivity index (χ0) is 21.7. The van der Waals surface area contributed by atoms with Crippen molar-refractivity contribution in [2.24, 2.45) is 11.8 Å². The van der Waals surface area contributed by atoms with Crippen LogP contribution in [0.15, 0.2) is 36.4 Å². The van der Waals surface area contributed by atoms with Gasteiger partial charge in [-0.1, -0.05) is 19.9 Å². The van der Waals surface area contributed by atoms with Gasteiger partial charge in [0, 0.05) is 12.5 Å². The van der Waals surface area contributed by atoms with Gasteiger partial charge in [-0.05, 0) is 54.7 Å². The Morgan fingerprint density at radius 3 is 2.60 bits per heavy atom. The average Bonchev–Trinajstić information content (AvgIpc) is 3.48. The van der Waals surface area contributed by atoms with Gasteiger partial charge in [-0.15, -0.1) is 0 Å². The molecule has 2 aromatic carbocycles. The Morgan fingerprint density at radius 1 is 1.17 bits per heavy atom. The third-order valence-electron chi connectivity index (χ3n) is 5.07. The fourth-order valence-corrected chi connectivity index (χ4v) is 3.16. The summed E-state index contributed by atoms with van der Waals surface area (Å²) in [5, 5.41) is 5.52. The van der Waals surface area contributed by atoms with Crippen LogP contribution in [-0.2, 0) is 11.3 Å². The quantitative estimate of drug-likeness (QED) is 0.646. The van der Waals surface area contributed by atoms with Crippen molar-refractivity contribution in [3.8, 4) is 11.5 Å². The Kier molecular flexibility index (Phi) is 6.92. The minimum absolute atomic E-state index is 0.0492. The molecule has 0 bridgehead atoms. The van der Waals surface area contributed by atoms with Crippen molar-refractivity contribution in [1.29, 1.82) is 0 Å². The van der Waals surface area contributed by atoms with Gasteiger partial charge in [0.2, 0.25) is 5.91 Å². The molecule has 7 heteroatoms. The van der Waals surface area contributed by atoms with Crippen LogP contribution < -0.4 is 20.1 Å². The fraction of sp³-hybridized carbons (Fsp3) is 0.391. The van der Waals surface area contributed by atoms with E-state index in [1.54, 1.807) is 19.2 Å². The van der Waals surface area contributed by atoms with E-state index in [1.165, 1.54) is 12.1 Å². The summed E-state index contributed by atoms with van der Waals surface area (Å²) in [6.07, 6.45) is 1.71. The molecule has 1 saturated carbocycles. The Balaban J connectivity index is 1.68. The molecule has 1 fully saturated rings. The van der Waals surface area contributed by atoms with E-state index in [0.29, 0.717) is 29.7 Å². The lowest BCUT2D eigenvalue weighted by atomic mass is 10.1. The van der Waals surface area contributed by atoms with Gasteiger partial charge in [0.05, 0.1) is 25.0 Å². The minimum atomic E-state index is -0.544. The summed E-state index contributed by atoms with van der Waals surface area (Å²) in [5.74, 6) is 0.340. The molecule has 2 unspecified atom stereocenters. The molecular weight excluding hydrogens is 387 g/mol. The lowest BCUT2D eigenvalue weighted by Crippen LogP contribution is -2.25. The van der Waals surface area contributed by atoms with Crippen molar-refractivity contribution >= 4 is 17.5 Å². The van der Waals surface area contributed by atoms with Crippen LogP contribution in [0.1, 0.15) is 42.6 Å². The number of hydrogen-bond acceptors (Lipinski definition) is 4. The second kappa shape index (κ2) is 9.61. The average molecular weight is 414 g/mol. The van der Waals surface area contributed by atoms with Gasteiger partial charge in [0.15, 0.2) is 11.5 Å². The number of amides is 2. The zero-order valence-electron chi connectivity index (χ0n) is 17.5. The molecule has 2 atom stereocenters. The topological polar surface area (TPSA) is 76.7 Å². The number of methoxy groups -OCH3 is 1. The molecule has 2 amide bonds. The molecule has 2 aromatic rings. The Hall–Kier alpha value is -3.09. The lowest BCUT2D eigenvalue weighted by molar-refractivity contribution is -0.117. The van der Waals surface area contributed by atoms with Gasteiger partial charge < -0.3 is 20.1 Å². The van der Waals surface area contributed by atoms with Gasteiger partial charge >= 0.3 is 0 Å². The second-order valence-electron chi connectivity index (χ2n) is 7.51. The van der Waals surface area contributed by atoms with Crippen LogP contribution in [-0.4, -0.2) is 25.5 Å². The van der Waals surface area contributed by atoms with Gasteiger partial charge in [0.25, 0.3) is 5.91 Å². The number of nitrogens with one attached hydrogen (secondary N) is 2. The molecular formula is C23H27FN2O4. The summed E-state index contributed by atoms with van der Waals surface area (Å²) in [6, 6.07) is 9.18. The van der Waals surface area contributed by atoms with E-state index in [4.69, 9.17) is 9.47 Å². The van der Waals surface area contributed by atoms with Crippen LogP contribution in [0.2, 0.25) is 0 Å². The van der Waals surface area contributed by atoms with E-state index in [1.807, 2.05) is 19.9 Å². The van der Waals surface area contributed by atoms with Gasteiger partial charge in [-0.2, -0.15) is 0 Å². The molecule has 0 spiro atoms. The van der Waals surface area contributed by atoms with Crippen LogP contribution in [0.3, 0.4) is 0 Å². The largest absolute Gasteiger partial charge is 0.493 e. The second-order valence-corrected chi connectivity index (χ2v) is 7.51. The van der Waals surface area contributed by atoms with Crippen molar-refractivity contribution in [1.82, 2.24) is 5.32 Å². The highest BCUT2D eigenvalue weighted by molar-refractivity contribution is 6.04. The zero-order valence-corrected chi connectivity index (χ0v) is 17.5. The van der Waals surface area contributed by atoms with Crippen LogP contribution in [0, 0.1) is 17.7 Å². The first-order chi connectivity index (χ1) is 14.4. The van der Waals surface area contributed by atoms with Crippen molar-refractivity contribution in [3.05, 3.63) is 53.3 Å². The standard InChI is InChI=1S/C23H27FN2O4/c1-4-9-30-20-8-5-15(11-21(20)29-3)13-25-22(27)18-12-16(24)6-7-19(18)26-23(28)17-10-14(17)2/h5-8,11-12,14,17H,4,9-10,13H2,1-3H3,(H,25,27)(H,26,28). The number of benzene rings is 2. The number of carbonyl (C=O) groups excluding carboxylic acids is 2. The highest BCUT2D eigenvalue weighted by atomic mass is 19.1. The summed E-state index contributed by atoms with van der Waals surface area (Å²) in [4.78, 5) is 24.9. The predicted octanol–water partition coefficient (Wildman–Crippen LogP) is 4.15. The molecule has 30 heavy (non-hydrogen) atoms. The highest BCUT2D eigenvalue weighted by Crippen LogP contribution is 2.38. The maximum atomic E-state index is 13.8. The highest BCUT2D eigenvalue weighted by Gasteiger charge is 2.39. The number of rotatable bonds is 9. The molecule has 0 aliphatic heterocycles. The first-order valence-corrected chi connectivity index (χ1v) is 10.1. The maximum absolute atomic E-state index is 13.8. The van der Waals surface area contributed by atoms with E-state index in [9.17, 15) is 14.0 Å². The van der Waals surface area contributed by atoms with Crippen molar-refractivity contribution < 1.29 is 23.5 Å². The number of carbonyl (C=O) groups is 2. The lowest BCUT2D eigenvalue weighted by Gasteiger charge is -2.14. The fourth-order valence-electron chi connectivity index (χ4n) is 3.16. The molecule has 0 radical (unpaired) electrons. The molecule has 0 saturated heterocycles. The molecule has 0 aromatic heterocycles. The molecule has 2 N–H and O–H groups in total. The van der Waals surface area contributed by atoms with Gasteiger partial charge in [0.1, 0.15) is 5.82 Å². The number of anilines is 1. The first kappa shape index (κ1) is 21.6. The predicted molar refractivity (Wildman–Crippen MR) is 112 cm³/mol. The number of ether oxygens (including phenoxy) is 2. The summed E-state index contributed by atoms with van der Waals surface area (Å²) in [5.41, 5.74) is 1.20. The van der Waals surface area contributed by atoms with Crippen LogP contribution in [0.4, 0.5) is 10.1 Å². The van der Waals surface area contributed by atoms with Crippen LogP contribution in [0.25, 0.3) is 0 Å². The smallest absolute Gasteiger partial charge is 0.253 e. The normalized spacial score (nSPS) is 17.2. The Morgan fingerprint density at radius 2 is 1.93 bits per heavy atom. The summed E-state index contributed by atoms with van der Waals surface area (Å²) >= 11 is 0. The van der Waals surface area contributed by atoms with E-state index in [0.717, 1.165) is 24.5 Å². The van der Waals surface area contributed by atoms with E-state index in [2.05, 4.69) is 10.6 Å². The molecule has 1 aliphatic carbocycles. The molecule has 160 valence electrons. The molecule has 3 rings (SSSR count). The van der Waals surface area contributed by atoms with E-state index >= 15 is 0 Å². The van der Waals surface area contributed by atoms with Crippen molar-refractivity contribution in [3.63, 3.8) is 0 Å². The number of halogens is 1. The first-order valence-electron chi connectivity index (χ1n) is 10.1. The van der Waals surface area contributed by atoms with E-state index < -0.39 is 11.7 Å². The van der Waals surface area contributed by atoms with Crippen molar-refractivity contribution in [2.45, 2.75) is 33.2 Å². The molecule has 1 aliphatic rings. The van der Waals surface area contributed by atoms with Crippen LogP contribution >= 0.6 is 0 Å². The van der Waals surface area contributed by atoms with Gasteiger partial charge in [-0.3, -0.25) is 9.59 Å². The van der Waals surface area contributed by atoms with Crippen LogP contribution in [0.5, 0.6) is 11.5 Å². The molecule has 0 heterocycles. The monoisotopic (exact) mass is 414 g/mol. The number of hydrogen-bond donors (Lipinski definition) is 2. The maximum Gasteiger partial charge on any atom is 0.253 e. The molecule has 6 nitrogen and oxygen atoms in total. The third kappa shape index (κ3) is 5.28. The summed E-state index contributed by atoms with van der Waals surface area (Å²) < 4.78 is 24.7. The minimum Gasteiger partial charge on any atom is -0.493 e. The van der Waals surface area contributed by atoms with Gasteiger partial charge in [-0.25, -0.2) is 4.39 Å². The Bertz CT molecular complexity index is 931. The summed E-state index contributed by atoms with van der Waals surface area (Å²) in [6.45, 7) is 4.81.